The van der Waals surface area contributed by atoms with Crippen LogP contribution in [0.3, 0.4) is 0 Å². The molecule has 6 heteroatoms. The van der Waals surface area contributed by atoms with E-state index in [1.165, 1.54) is 0 Å². The zero-order valence-corrected chi connectivity index (χ0v) is 14.6. The molecule has 1 unspecified atom stereocenters. The predicted molar refractivity (Wildman–Crippen MR) is 101 cm³/mol. The van der Waals surface area contributed by atoms with E-state index < -0.39 is 5.92 Å². The quantitative estimate of drug-likeness (QED) is 0.720. The lowest BCUT2D eigenvalue weighted by atomic mass is 9.80. The summed E-state index contributed by atoms with van der Waals surface area (Å²) in [6, 6.07) is 18.8. The van der Waals surface area contributed by atoms with Gasteiger partial charge in [-0.25, -0.2) is 0 Å². The van der Waals surface area contributed by atoms with E-state index in [0.29, 0.717) is 17.0 Å². The number of hydrogen-bond acceptors (Lipinski definition) is 5. The molecular weight excluding hydrogens is 348 g/mol. The second kappa shape index (κ2) is 7.34. The lowest BCUT2D eigenvalue weighted by Crippen LogP contribution is -2.28. The van der Waals surface area contributed by atoms with E-state index in [2.05, 4.69) is 6.07 Å². The first-order chi connectivity index (χ1) is 12.5. The number of allylic oxidation sites excluding steroid dienone is 2. The molecule has 1 atom stereocenters. The molecule has 0 amide bonds. The fourth-order valence-electron chi connectivity index (χ4n) is 3.01. The first-order valence-corrected chi connectivity index (χ1v) is 8.33. The summed E-state index contributed by atoms with van der Waals surface area (Å²) >= 11 is 6.12. The summed E-state index contributed by atoms with van der Waals surface area (Å²) < 4.78 is 5.36. The molecule has 0 aliphatic carbocycles. The van der Waals surface area contributed by atoms with Crippen LogP contribution in [0, 0.1) is 16.7 Å². The highest BCUT2D eigenvalue weighted by Gasteiger charge is 2.34. The Morgan fingerprint density at radius 1 is 1.12 bits per heavy atom. The zero-order valence-electron chi connectivity index (χ0n) is 13.9. The Morgan fingerprint density at radius 2 is 1.85 bits per heavy atom. The molecule has 26 heavy (non-hydrogen) atoms. The Balaban J connectivity index is 2.07. The molecule has 3 rings (SSSR count). The summed E-state index contributed by atoms with van der Waals surface area (Å²) in [6.45, 7) is 0. The summed E-state index contributed by atoms with van der Waals surface area (Å²) in [5.41, 5.74) is 14.6. The van der Waals surface area contributed by atoms with Crippen molar-refractivity contribution in [2.75, 3.05) is 0 Å². The molecule has 1 aliphatic heterocycles. The van der Waals surface area contributed by atoms with Crippen molar-refractivity contribution in [1.82, 2.24) is 0 Å². The van der Waals surface area contributed by atoms with Crippen LogP contribution in [-0.2, 0) is 11.2 Å². The van der Waals surface area contributed by atoms with Gasteiger partial charge in [0.2, 0.25) is 5.88 Å². The molecule has 0 fully saturated rings. The number of nitrogens with one attached hydrogen (secondary N) is 1. The number of hydrogen-bond donors (Lipinski definition) is 3. The Hall–Kier alpha value is -3.23. The third-order valence-electron chi connectivity index (χ3n) is 4.18. The van der Waals surface area contributed by atoms with Crippen molar-refractivity contribution in [2.45, 2.75) is 12.3 Å². The van der Waals surface area contributed by atoms with Gasteiger partial charge in [0.1, 0.15) is 11.6 Å². The van der Waals surface area contributed by atoms with Gasteiger partial charge in [-0.15, -0.1) is 0 Å². The standard InChI is InChI=1S/C20H17ClN4O/c21-14-8-4-7-13(10-14)17-15(11-22)19(24)26-20(25)18(17)16(23)9-12-5-2-1-3-6-12/h1-8,10,17,23H,9,24-25H2. The minimum atomic E-state index is -0.594. The highest BCUT2D eigenvalue weighted by atomic mass is 35.5. The first-order valence-electron chi connectivity index (χ1n) is 7.95. The van der Waals surface area contributed by atoms with Crippen LogP contribution in [0.25, 0.3) is 0 Å². The van der Waals surface area contributed by atoms with Crippen LogP contribution in [0.2, 0.25) is 5.02 Å². The van der Waals surface area contributed by atoms with Gasteiger partial charge in [-0.05, 0) is 23.3 Å². The third kappa shape index (κ3) is 3.41. The molecule has 5 N–H and O–H groups in total. The maximum absolute atomic E-state index is 9.60. The maximum Gasteiger partial charge on any atom is 0.207 e. The van der Waals surface area contributed by atoms with E-state index in [0.717, 1.165) is 11.1 Å². The Kier molecular flexibility index (Phi) is 4.97. The lowest BCUT2D eigenvalue weighted by molar-refractivity contribution is 0.277. The van der Waals surface area contributed by atoms with Crippen LogP contribution in [0.15, 0.2) is 77.5 Å². The van der Waals surface area contributed by atoms with Gasteiger partial charge in [-0.3, -0.25) is 0 Å². The number of rotatable bonds is 4. The summed E-state index contributed by atoms with van der Waals surface area (Å²) in [5.74, 6) is -0.609. The summed E-state index contributed by atoms with van der Waals surface area (Å²) in [5, 5.41) is 18.7. The average molecular weight is 365 g/mol. The van der Waals surface area contributed by atoms with Crippen LogP contribution in [0.1, 0.15) is 17.0 Å². The van der Waals surface area contributed by atoms with Gasteiger partial charge in [0, 0.05) is 22.7 Å². The van der Waals surface area contributed by atoms with Crippen molar-refractivity contribution in [2.24, 2.45) is 11.5 Å². The monoisotopic (exact) mass is 364 g/mol. The van der Waals surface area contributed by atoms with Gasteiger partial charge in [0.15, 0.2) is 5.88 Å². The molecule has 2 aromatic rings. The van der Waals surface area contributed by atoms with E-state index in [1.807, 2.05) is 36.4 Å². The van der Waals surface area contributed by atoms with Crippen molar-refractivity contribution in [3.8, 4) is 6.07 Å². The molecule has 5 nitrogen and oxygen atoms in total. The summed E-state index contributed by atoms with van der Waals surface area (Å²) in [6.07, 6.45) is 0.357. The molecule has 0 saturated heterocycles. The van der Waals surface area contributed by atoms with Crippen molar-refractivity contribution in [3.63, 3.8) is 0 Å². The fraction of sp³-hybridized carbons (Fsp3) is 0.100. The number of ether oxygens (including phenoxy) is 1. The Morgan fingerprint density at radius 3 is 2.50 bits per heavy atom. The second-order valence-electron chi connectivity index (χ2n) is 5.90. The molecule has 0 spiro atoms. The van der Waals surface area contributed by atoms with Gasteiger partial charge in [-0.2, -0.15) is 5.26 Å². The van der Waals surface area contributed by atoms with E-state index in [-0.39, 0.29) is 23.1 Å². The molecule has 1 heterocycles. The van der Waals surface area contributed by atoms with Crippen molar-refractivity contribution >= 4 is 17.3 Å². The van der Waals surface area contributed by atoms with Crippen molar-refractivity contribution < 1.29 is 4.74 Å². The van der Waals surface area contributed by atoms with Crippen molar-refractivity contribution in [3.05, 3.63) is 93.7 Å². The van der Waals surface area contributed by atoms with Gasteiger partial charge < -0.3 is 21.6 Å². The maximum atomic E-state index is 9.60. The van der Waals surface area contributed by atoms with Gasteiger partial charge in [-0.1, -0.05) is 54.1 Å². The first kappa shape index (κ1) is 17.6. The second-order valence-corrected chi connectivity index (χ2v) is 6.34. The van der Waals surface area contributed by atoms with Crippen LogP contribution in [-0.4, -0.2) is 5.71 Å². The van der Waals surface area contributed by atoms with E-state index in [1.54, 1.807) is 18.2 Å². The minimum absolute atomic E-state index is 0.0346. The lowest BCUT2D eigenvalue weighted by Gasteiger charge is -2.28. The highest BCUT2D eigenvalue weighted by molar-refractivity contribution is 6.30. The number of benzene rings is 2. The molecule has 0 saturated carbocycles. The smallest absolute Gasteiger partial charge is 0.207 e. The van der Waals surface area contributed by atoms with Crippen LogP contribution in [0.4, 0.5) is 0 Å². The molecular formula is C20H17ClN4O. The molecule has 1 aliphatic rings. The summed E-state index contributed by atoms with van der Waals surface area (Å²) in [4.78, 5) is 0. The molecule has 0 bridgehead atoms. The largest absolute Gasteiger partial charge is 0.424 e. The molecule has 0 radical (unpaired) electrons. The van der Waals surface area contributed by atoms with Crippen LogP contribution >= 0.6 is 11.6 Å². The Bertz CT molecular complexity index is 957. The average Bonchev–Trinajstić information content (AvgIpc) is 2.61. The van der Waals surface area contributed by atoms with Crippen LogP contribution in [0.5, 0.6) is 0 Å². The van der Waals surface area contributed by atoms with E-state index in [9.17, 15) is 5.26 Å². The van der Waals surface area contributed by atoms with E-state index in [4.69, 9.17) is 33.2 Å². The topological polar surface area (TPSA) is 109 Å². The third-order valence-corrected chi connectivity index (χ3v) is 4.41. The molecule has 2 aromatic carbocycles. The SMILES string of the molecule is N#CC1=C(N)OC(N)=C(C(=N)Cc2ccccc2)C1c1cccc(Cl)c1. The minimum Gasteiger partial charge on any atom is -0.424 e. The number of halogens is 1. The fourth-order valence-corrected chi connectivity index (χ4v) is 3.21. The number of nitrogens with two attached hydrogens (primary N) is 2. The molecule has 0 aromatic heterocycles. The van der Waals surface area contributed by atoms with Gasteiger partial charge >= 0.3 is 0 Å². The van der Waals surface area contributed by atoms with Gasteiger partial charge in [0.05, 0.1) is 5.92 Å². The summed E-state index contributed by atoms with van der Waals surface area (Å²) in [7, 11) is 0. The predicted octanol–water partition coefficient (Wildman–Crippen LogP) is 3.58. The Labute approximate surface area is 156 Å². The van der Waals surface area contributed by atoms with E-state index >= 15 is 0 Å². The molecule has 130 valence electrons. The van der Waals surface area contributed by atoms with Crippen molar-refractivity contribution in [1.29, 1.82) is 10.7 Å². The van der Waals surface area contributed by atoms with Gasteiger partial charge in [0.25, 0.3) is 0 Å². The normalized spacial score (nSPS) is 16.8. The number of nitrogens with zero attached hydrogens (tertiary/aromatic N) is 1. The zero-order chi connectivity index (χ0) is 18.7. The van der Waals surface area contributed by atoms with Crippen LogP contribution < -0.4 is 11.5 Å². The number of nitriles is 1. The highest BCUT2D eigenvalue weighted by Crippen LogP contribution is 2.39.